The molecule has 5 heteroatoms. The van der Waals surface area contributed by atoms with Crippen LogP contribution in [0.15, 0.2) is 22.8 Å². The lowest BCUT2D eigenvalue weighted by Gasteiger charge is -2.10. The van der Waals surface area contributed by atoms with E-state index in [2.05, 4.69) is 16.0 Å². The molecule has 3 N–H and O–H groups in total. The Morgan fingerprint density at radius 1 is 1.64 bits per heavy atom. The Morgan fingerprint density at radius 3 is 3.21 bits per heavy atom. The number of carbonyl (C=O) groups is 1. The van der Waals surface area contributed by atoms with Crippen molar-refractivity contribution in [1.82, 2.24) is 10.6 Å². The lowest BCUT2D eigenvalue weighted by Crippen LogP contribution is -2.38. The number of anilines is 1. The van der Waals surface area contributed by atoms with Gasteiger partial charge in [0.2, 0.25) is 5.88 Å². The Labute approximate surface area is 81.9 Å². The van der Waals surface area contributed by atoms with Gasteiger partial charge in [-0.05, 0) is 19.0 Å². The molecule has 76 valence electrons. The van der Waals surface area contributed by atoms with E-state index in [1.54, 1.807) is 12.1 Å². The summed E-state index contributed by atoms with van der Waals surface area (Å²) in [4.78, 5) is 11.4. The van der Waals surface area contributed by atoms with Crippen LogP contribution in [0.5, 0.6) is 0 Å². The molecule has 1 aliphatic heterocycles. The molecular weight excluding hydrogens is 182 g/mol. The van der Waals surface area contributed by atoms with E-state index >= 15 is 0 Å². The molecule has 2 rings (SSSR count). The third kappa shape index (κ3) is 2.26. The highest BCUT2D eigenvalue weighted by Gasteiger charge is 2.16. The molecule has 0 saturated carbocycles. The van der Waals surface area contributed by atoms with Gasteiger partial charge in [-0.25, -0.2) is 4.79 Å². The molecule has 0 spiro atoms. The van der Waals surface area contributed by atoms with E-state index in [0.717, 1.165) is 19.5 Å². The third-order valence-electron chi connectivity index (χ3n) is 2.15. The lowest BCUT2D eigenvalue weighted by atomic mass is 10.3. The molecule has 1 fully saturated rings. The minimum atomic E-state index is -0.214. The van der Waals surface area contributed by atoms with Gasteiger partial charge in [0.15, 0.2) is 0 Å². The fourth-order valence-corrected chi connectivity index (χ4v) is 1.46. The monoisotopic (exact) mass is 195 g/mol. The highest BCUT2D eigenvalue weighted by Crippen LogP contribution is 2.06. The molecule has 0 aromatic carbocycles. The van der Waals surface area contributed by atoms with Crippen molar-refractivity contribution in [2.45, 2.75) is 12.5 Å². The smallest absolute Gasteiger partial charge is 0.321 e. The van der Waals surface area contributed by atoms with E-state index in [0.29, 0.717) is 5.88 Å². The molecule has 1 aliphatic rings. The second-order valence-corrected chi connectivity index (χ2v) is 3.27. The summed E-state index contributed by atoms with van der Waals surface area (Å²) in [6, 6.07) is 3.44. The van der Waals surface area contributed by atoms with Crippen molar-refractivity contribution in [2.75, 3.05) is 18.4 Å². The van der Waals surface area contributed by atoms with Crippen LogP contribution in [0.4, 0.5) is 10.7 Å². The minimum Gasteiger partial charge on any atom is -0.449 e. The van der Waals surface area contributed by atoms with Crippen molar-refractivity contribution in [2.24, 2.45) is 0 Å². The highest BCUT2D eigenvalue weighted by molar-refractivity contribution is 5.87. The van der Waals surface area contributed by atoms with Gasteiger partial charge in [0.05, 0.1) is 6.26 Å². The van der Waals surface area contributed by atoms with Gasteiger partial charge in [-0.15, -0.1) is 0 Å². The van der Waals surface area contributed by atoms with Crippen molar-refractivity contribution >= 4 is 11.9 Å². The summed E-state index contributed by atoms with van der Waals surface area (Å²) in [5.74, 6) is 0.466. The van der Waals surface area contributed by atoms with Crippen LogP contribution in [0.25, 0.3) is 0 Å². The number of rotatable bonds is 2. The molecular formula is C9H13N3O2. The number of furan rings is 1. The third-order valence-corrected chi connectivity index (χ3v) is 2.15. The summed E-state index contributed by atoms with van der Waals surface area (Å²) < 4.78 is 4.98. The van der Waals surface area contributed by atoms with Crippen LogP contribution in [0, 0.1) is 0 Å². The quantitative estimate of drug-likeness (QED) is 0.652. The fraction of sp³-hybridized carbons (Fsp3) is 0.444. The topological polar surface area (TPSA) is 66.3 Å². The molecule has 0 bridgehead atoms. The molecule has 2 heterocycles. The zero-order valence-corrected chi connectivity index (χ0v) is 7.75. The SMILES string of the molecule is O=C(Nc1ccco1)NC1CCNC1. The van der Waals surface area contributed by atoms with Crippen molar-refractivity contribution in [3.63, 3.8) is 0 Å². The molecule has 1 unspecified atom stereocenters. The number of urea groups is 1. The van der Waals surface area contributed by atoms with Gasteiger partial charge in [0.1, 0.15) is 0 Å². The number of hydrogen-bond acceptors (Lipinski definition) is 3. The van der Waals surface area contributed by atoms with Gasteiger partial charge in [0, 0.05) is 18.7 Å². The highest BCUT2D eigenvalue weighted by atomic mass is 16.3. The Bertz CT molecular complexity index is 291. The van der Waals surface area contributed by atoms with Crippen LogP contribution in [0.2, 0.25) is 0 Å². The van der Waals surface area contributed by atoms with E-state index in [1.807, 2.05) is 0 Å². The summed E-state index contributed by atoms with van der Waals surface area (Å²) in [5.41, 5.74) is 0. The Kier molecular flexibility index (Phi) is 2.69. The summed E-state index contributed by atoms with van der Waals surface area (Å²) in [7, 11) is 0. The fourth-order valence-electron chi connectivity index (χ4n) is 1.46. The van der Waals surface area contributed by atoms with E-state index in [1.165, 1.54) is 6.26 Å². The van der Waals surface area contributed by atoms with E-state index in [4.69, 9.17) is 4.42 Å². The van der Waals surface area contributed by atoms with Gasteiger partial charge in [-0.3, -0.25) is 5.32 Å². The molecule has 0 radical (unpaired) electrons. The van der Waals surface area contributed by atoms with Crippen LogP contribution >= 0.6 is 0 Å². The average molecular weight is 195 g/mol. The van der Waals surface area contributed by atoms with Gasteiger partial charge in [-0.1, -0.05) is 0 Å². The Morgan fingerprint density at radius 2 is 2.57 bits per heavy atom. The predicted octanol–water partition coefficient (Wildman–Crippen LogP) is 0.763. The van der Waals surface area contributed by atoms with Crippen LogP contribution in [0.1, 0.15) is 6.42 Å². The van der Waals surface area contributed by atoms with Crippen molar-refractivity contribution in [3.8, 4) is 0 Å². The van der Waals surface area contributed by atoms with E-state index in [9.17, 15) is 4.79 Å². The van der Waals surface area contributed by atoms with Crippen LogP contribution in [0.3, 0.4) is 0 Å². The van der Waals surface area contributed by atoms with Gasteiger partial charge >= 0.3 is 6.03 Å². The molecule has 1 aromatic heterocycles. The van der Waals surface area contributed by atoms with Gasteiger partial charge < -0.3 is 15.1 Å². The molecule has 1 aromatic rings. The van der Waals surface area contributed by atoms with Crippen LogP contribution in [-0.2, 0) is 0 Å². The first-order chi connectivity index (χ1) is 6.84. The predicted molar refractivity (Wildman–Crippen MR) is 52.1 cm³/mol. The first kappa shape index (κ1) is 9.08. The zero-order valence-electron chi connectivity index (χ0n) is 7.75. The maximum atomic E-state index is 11.4. The van der Waals surface area contributed by atoms with Crippen LogP contribution in [-0.4, -0.2) is 25.2 Å². The lowest BCUT2D eigenvalue weighted by molar-refractivity contribution is 0.248. The van der Waals surface area contributed by atoms with E-state index in [-0.39, 0.29) is 12.1 Å². The second kappa shape index (κ2) is 4.15. The van der Waals surface area contributed by atoms with E-state index < -0.39 is 0 Å². The zero-order chi connectivity index (χ0) is 9.80. The largest absolute Gasteiger partial charge is 0.449 e. The van der Waals surface area contributed by atoms with Crippen LogP contribution < -0.4 is 16.0 Å². The number of amides is 2. The maximum Gasteiger partial charge on any atom is 0.321 e. The molecule has 14 heavy (non-hydrogen) atoms. The summed E-state index contributed by atoms with van der Waals surface area (Å²) in [5, 5.41) is 8.62. The summed E-state index contributed by atoms with van der Waals surface area (Å²) >= 11 is 0. The first-order valence-corrected chi connectivity index (χ1v) is 4.66. The number of nitrogens with one attached hydrogen (secondary N) is 3. The number of hydrogen-bond donors (Lipinski definition) is 3. The number of carbonyl (C=O) groups excluding carboxylic acids is 1. The average Bonchev–Trinajstić information content (AvgIpc) is 2.76. The maximum absolute atomic E-state index is 11.4. The summed E-state index contributed by atoms with van der Waals surface area (Å²) in [6.45, 7) is 1.80. The molecule has 2 amide bonds. The Hall–Kier alpha value is -1.49. The minimum absolute atomic E-state index is 0.214. The van der Waals surface area contributed by atoms with Crippen molar-refractivity contribution in [3.05, 3.63) is 18.4 Å². The molecule has 0 aliphatic carbocycles. The molecule has 1 atom stereocenters. The normalized spacial score (nSPS) is 20.7. The molecule has 5 nitrogen and oxygen atoms in total. The van der Waals surface area contributed by atoms with Crippen molar-refractivity contribution < 1.29 is 9.21 Å². The van der Waals surface area contributed by atoms with Gasteiger partial charge in [-0.2, -0.15) is 0 Å². The Balaban J connectivity index is 1.78. The van der Waals surface area contributed by atoms with Gasteiger partial charge in [0.25, 0.3) is 0 Å². The first-order valence-electron chi connectivity index (χ1n) is 4.66. The second-order valence-electron chi connectivity index (χ2n) is 3.27. The van der Waals surface area contributed by atoms with Crippen molar-refractivity contribution in [1.29, 1.82) is 0 Å². The standard InChI is InChI=1S/C9H13N3O2/c13-9(11-7-3-4-10-6-7)12-8-2-1-5-14-8/h1-2,5,7,10H,3-4,6H2,(H2,11,12,13). The molecule has 1 saturated heterocycles. The summed E-state index contributed by atoms with van der Waals surface area (Å²) in [6.07, 6.45) is 2.50.